The lowest BCUT2D eigenvalue weighted by Crippen LogP contribution is -2.25. The molecule has 0 aromatic heterocycles. The van der Waals surface area contributed by atoms with Crippen molar-refractivity contribution in [2.75, 3.05) is 13.2 Å². The van der Waals surface area contributed by atoms with Crippen LogP contribution in [0.3, 0.4) is 0 Å². The van der Waals surface area contributed by atoms with Crippen molar-refractivity contribution >= 4 is 0 Å². The molecule has 0 spiro atoms. The Balaban J connectivity index is 2.22. The molecular weight excluding hydrogens is 184 g/mol. The van der Waals surface area contributed by atoms with E-state index in [2.05, 4.69) is 39.0 Å². The highest BCUT2D eigenvalue weighted by molar-refractivity contribution is 5.35. The van der Waals surface area contributed by atoms with Gasteiger partial charge in [0.15, 0.2) is 0 Å². The first-order chi connectivity index (χ1) is 7.22. The highest BCUT2D eigenvalue weighted by Gasteiger charge is 2.22. The van der Waals surface area contributed by atoms with Crippen LogP contribution in [0.5, 0.6) is 0 Å². The maximum atomic E-state index is 5.24. The van der Waals surface area contributed by atoms with Crippen LogP contribution in [0.15, 0.2) is 18.2 Å². The monoisotopic (exact) mass is 204 g/mol. The van der Waals surface area contributed by atoms with Crippen LogP contribution in [0, 0.1) is 6.92 Å². The van der Waals surface area contributed by atoms with Gasteiger partial charge in [-0.25, -0.2) is 0 Å². The summed E-state index contributed by atoms with van der Waals surface area (Å²) in [5, 5.41) is 0. The topological polar surface area (TPSA) is 9.23 Å². The number of aryl methyl sites for hydroxylation is 1. The fourth-order valence-corrected chi connectivity index (χ4v) is 2.11. The van der Waals surface area contributed by atoms with Crippen LogP contribution in [0.25, 0.3) is 0 Å². The highest BCUT2D eigenvalue weighted by Crippen LogP contribution is 2.29. The molecule has 82 valence electrons. The van der Waals surface area contributed by atoms with Crippen molar-refractivity contribution in [3.05, 3.63) is 34.9 Å². The summed E-state index contributed by atoms with van der Waals surface area (Å²) in [6.45, 7) is 8.57. The maximum Gasteiger partial charge on any atom is 0.0557 e. The Morgan fingerprint density at radius 3 is 2.60 bits per heavy atom. The first kappa shape index (κ1) is 10.7. The molecule has 1 nitrogen and oxygen atoms in total. The van der Waals surface area contributed by atoms with Gasteiger partial charge in [0.1, 0.15) is 0 Å². The second kappa shape index (κ2) is 4.36. The second-order valence-corrected chi connectivity index (χ2v) is 4.66. The average molecular weight is 204 g/mol. The zero-order valence-corrected chi connectivity index (χ0v) is 9.92. The van der Waals surface area contributed by atoms with E-state index in [0.717, 1.165) is 13.2 Å². The third-order valence-electron chi connectivity index (χ3n) is 3.55. The first-order valence-corrected chi connectivity index (χ1v) is 5.90. The summed E-state index contributed by atoms with van der Waals surface area (Å²) in [5.41, 5.74) is 4.38. The van der Waals surface area contributed by atoms with E-state index in [9.17, 15) is 0 Å². The molecule has 1 atom stereocenters. The lowest BCUT2D eigenvalue weighted by molar-refractivity contribution is 0.00816. The van der Waals surface area contributed by atoms with E-state index in [1.165, 1.54) is 23.1 Å². The van der Waals surface area contributed by atoms with Crippen molar-refractivity contribution in [1.29, 1.82) is 0 Å². The smallest absolute Gasteiger partial charge is 0.0557 e. The normalized spacial score (nSPS) is 18.6. The molecule has 1 fully saturated rings. The third-order valence-corrected chi connectivity index (χ3v) is 3.55. The van der Waals surface area contributed by atoms with Crippen LogP contribution in [-0.2, 0) is 4.74 Å². The van der Waals surface area contributed by atoms with Gasteiger partial charge in [0.05, 0.1) is 13.2 Å². The summed E-state index contributed by atoms with van der Waals surface area (Å²) in [4.78, 5) is 0. The molecule has 15 heavy (non-hydrogen) atoms. The summed E-state index contributed by atoms with van der Waals surface area (Å²) in [5.74, 6) is 1.33. The summed E-state index contributed by atoms with van der Waals surface area (Å²) in [6, 6.07) is 6.93. The van der Waals surface area contributed by atoms with Gasteiger partial charge in [0.25, 0.3) is 0 Å². The summed E-state index contributed by atoms with van der Waals surface area (Å²) < 4.78 is 5.24. The van der Waals surface area contributed by atoms with E-state index in [1.54, 1.807) is 0 Å². The molecule has 1 aliphatic heterocycles. The highest BCUT2D eigenvalue weighted by atomic mass is 16.5. The van der Waals surface area contributed by atoms with Gasteiger partial charge in [0, 0.05) is 5.92 Å². The van der Waals surface area contributed by atoms with E-state index in [4.69, 9.17) is 4.74 Å². The molecule has 0 bridgehead atoms. The molecule has 1 aromatic carbocycles. The Morgan fingerprint density at radius 2 is 2.13 bits per heavy atom. The first-order valence-electron chi connectivity index (χ1n) is 5.90. The minimum Gasteiger partial charge on any atom is -0.380 e. The predicted molar refractivity (Wildman–Crippen MR) is 63.4 cm³/mol. The Bertz CT molecular complexity index is 339. The van der Waals surface area contributed by atoms with Crippen molar-refractivity contribution in [3.8, 4) is 0 Å². The van der Waals surface area contributed by atoms with Gasteiger partial charge < -0.3 is 4.74 Å². The van der Waals surface area contributed by atoms with E-state index < -0.39 is 0 Å². The van der Waals surface area contributed by atoms with Crippen LogP contribution < -0.4 is 0 Å². The lowest BCUT2D eigenvalue weighted by Gasteiger charge is -2.28. The van der Waals surface area contributed by atoms with Crippen LogP contribution in [0.4, 0.5) is 0 Å². The molecule has 0 aliphatic carbocycles. The summed E-state index contributed by atoms with van der Waals surface area (Å²) >= 11 is 0. The molecular formula is C14H20O. The quantitative estimate of drug-likeness (QED) is 0.730. The minimum atomic E-state index is 0.649. The van der Waals surface area contributed by atoms with E-state index in [-0.39, 0.29) is 0 Å². The SMILES string of the molecule is CCC(C)c1ccc(C2COC2)c(C)c1. The fourth-order valence-electron chi connectivity index (χ4n) is 2.11. The third kappa shape index (κ3) is 2.07. The molecule has 0 N–H and O–H groups in total. The van der Waals surface area contributed by atoms with Crippen LogP contribution in [0.2, 0.25) is 0 Å². The predicted octanol–water partition coefficient (Wildman–Crippen LogP) is 3.62. The molecule has 1 aromatic rings. The van der Waals surface area contributed by atoms with Gasteiger partial charge in [-0.3, -0.25) is 0 Å². The minimum absolute atomic E-state index is 0.649. The molecule has 0 radical (unpaired) electrons. The molecule has 1 heteroatoms. The number of ether oxygens (including phenoxy) is 1. The molecule has 1 heterocycles. The van der Waals surface area contributed by atoms with E-state index in [1.807, 2.05) is 0 Å². The molecule has 1 saturated heterocycles. The Labute approximate surface area is 92.5 Å². The second-order valence-electron chi connectivity index (χ2n) is 4.66. The van der Waals surface area contributed by atoms with Crippen molar-refractivity contribution < 1.29 is 4.74 Å². The Morgan fingerprint density at radius 1 is 1.40 bits per heavy atom. The zero-order valence-electron chi connectivity index (χ0n) is 9.92. The lowest BCUT2D eigenvalue weighted by atomic mass is 9.89. The van der Waals surface area contributed by atoms with Gasteiger partial charge in [-0.1, -0.05) is 32.0 Å². The van der Waals surface area contributed by atoms with Gasteiger partial charge in [0.2, 0.25) is 0 Å². The van der Waals surface area contributed by atoms with Crippen LogP contribution in [0.1, 0.15) is 48.8 Å². The van der Waals surface area contributed by atoms with E-state index >= 15 is 0 Å². The van der Waals surface area contributed by atoms with Crippen molar-refractivity contribution in [2.24, 2.45) is 0 Å². The molecule has 1 unspecified atom stereocenters. The van der Waals surface area contributed by atoms with Crippen molar-refractivity contribution in [1.82, 2.24) is 0 Å². The maximum absolute atomic E-state index is 5.24. The van der Waals surface area contributed by atoms with Crippen molar-refractivity contribution in [3.63, 3.8) is 0 Å². The number of benzene rings is 1. The largest absolute Gasteiger partial charge is 0.380 e. The molecule has 2 rings (SSSR count). The zero-order chi connectivity index (χ0) is 10.8. The van der Waals surface area contributed by atoms with Crippen molar-refractivity contribution in [2.45, 2.75) is 39.0 Å². The number of hydrogen-bond donors (Lipinski definition) is 0. The van der Waals surface area contributed by atoms with Crippen LogP contribution >= 0.6 is 0 Å². The average Bonchev–Trinajstić information content (AvgIpc) is 2.17. The Kier molecular flexibility index (Phi) is 3.11. The number of rotatable bonds is 3. The molecule has 1 aliphatic rings. The Hall–Kier alpha value is -0.820. The standard InChI is InChI=1S/C14H20O/c1-4-10(2)12-5-6-14(11(3)7-12)13-8-15-9-13/h5-7,10,13H,4,8-9H2,1-3H3. The number of hydrogen-bond acceptors (Lipinski definition) is 1. The molecule has 0 saturated carbocycles. The summed E-state index contributed by atoms with van der Waals surface area (Å²) in [7, 11) is 0. The van der Waals surface area contributed by atoms with Gasteiger partial charge in [-0.15, -0.1) is 0 Å². The van der Waals surface area contributed by atoms with Gasteiger partial charge in [-0.2, -0.15) is 0 Å². The van der Waals surface area contributed by atoms with Crippen LogP contribution in [-0.4, -0.2) is 13.2 Å². The molecule has 0 amide bonds. The fraction of sp³-hybridized carbons (Fsp3) is 0.571. The van der Waals surface area contributed by atoms with Gasteiger partial charge in [-0.05, 0) is 36.0 Å². The summed E-state index contributed by atoms with van der Waals surface area (Å²) in [6.07, 6.45) is 1.21. The van der Waals surface area contributed by atoms with Gasteiger partial charge >= 0.3 is 0 Å². The van der Waals surface area contributed by atoms with E-state index in [0.29, 0.717) is 11.8 Å².